The van der Waals surface area contributed by atoms with Crippen molar-refractivity contribution in [3.8, 4) is 5.69 Å². The van der Waals surface area contributed by atoms with Gasteiger partial charge in [0.05, 0.1) is 12.5 Å². The Hall–Kier alpha value is -2.11. The zero-order valence-corrected chi connectivity index (χ0v) is 14.1. The van der Waals surface area contributed by atoms with Crippen LogP contribution >= 0.6 is 0 Å². The first kappa shape index (κ1) is 16.7. The fraction of sp³-hybridized carbons (Fsp3) is 0.421. The zero-order chi connectivity index (χ0) is 16.9. The molecule has 1 N–H and O–H groups in total. The largest absolute Gasteiger partial charge is 0.392 e. The minimum atomic E-state index is -0.314. The second-order valence-corrected chi connectivity index (χ2v) is 6.46. The maximum absolute atomic E-state index is 12.5. The van der Waals surface area contributed by atoms with Crippen molar-refractivity contribution in [1.82, 2.24) is 14.4 Å². The Morgan fingerprint density at radius 2 is 1.71 bits per heavy atom. The average Bonchev–Trinajstić information content (AvgIpc) is 3.10. The van der Waals surface area contributed by atoms with Crippen molar-refractivity contribution in [2.75, 3.05) is 32.7 Å². The number of carbonyl (C=O) groups excluding carboxylic acids is 1. The van der Waals surface area contributed by atoms with E-state index in [1.165, 1.54) is 0 Å². The van der Waals surface area contributed by atoms with Crippen molar-refractivity contribution in [1.29, 1.82) is 0 Å². The van der Waals surface area contributed by atoms with E-state index in [9.17, 15) is 9.90 Å². The van der Waals surface area contributed by atoms with E-state index in [0.29, 0.717) is 13.0 Å². The van der Waals surface area contributed by atoms with Crippen molar-refractivity contribution in [2.24, 2.45) is 0 Å². The molecule has 1 aromatic heterocycles. The van der Waals surface area contributed by atoms with Gasteiger partial charge in [-0.25, -0.2) is 0 Å². The fourth-order valence-corrected chi connectivity index (χ4v) is 3.13. The highest BCUT2D eigenvalue weighted by molar-refractivity contribution is 5.79. The fourth-order valence-electron chi connectivity index (χ4n) is 3.13. The van der Waals surface area contributed by atoms with Crippen LogP contribution in [-0.4, -0.2) is 64.2 Å². The number of aromatic nitrogens is 1. The molecule has 0 radical (unpaired) electrons. The number of aliphatic hydroxyl groups is 1. The van der Waals surface area contributed by atoms with Crippen molar-refractivity contribution in [3.63, 3.8) is 0 Å². The van der Waals surface area contributed by atoms with Crippen LogP contribution in [0, 0.1) is 0 Å². The summed E-state index contributed by atoms with van der Waals surface area (Å²) in [7, 11) is 0. The van der Waals surface area contributed by atoms with Gasteiger partial charge in [-0.3, -0.25) is 9.69 Å². The van der Waals surface area contributed by atoms with Gasteiger partial charge in [0.25, 0.3) is 0 Å². The first-order valence-corrected chi connectivity index (χ1v) is 8.52. The minimum absolute atomic E-state index is 0.181. The van der Waals surface area contributed by atoms with Gasteiger partial charge in [0.2, 0.25) is 5.91 Å². The molecule has 5 nitrogen and oxygen atoms in total. The lowest BCUT2D eigenvalue weighted by Gasteiger charge is -2.35. The number of aliphatic hydroxyl groups excluding tert-OH is 1. The van der Waals surface area contributed by atoms with Crippen LogP contribution in [0.2, 0.25) is 0 Å². The van der Waals surface area contributed by atoms with Crippen molar-refractivity contribution < 1.29 is 9.90 Å². The maximum Gasteiger partial charge on any atom is 0.227 e. The molecule has 2 heterocycles. The van der Waals surface area contributed by atoms with Crippen LogP contribution in [0.15, 0.2) is 48.8 Å². The Bertz CT molecular complexity index is 642. The van der Waals surface area contributed by atoms with Crippen molar-refractivity contribution in [2.45, 2.75) is 19.4 Å². The minimum Gasteiger partial charge on any atom is -0.392 e. The summed E-state index contributed by atoms with van der Waals surface area (Å²) in [6.45, 7) is 5.64. The van der Waals surface area contributed by atoms with Crippen molar-refractivity contribution >= 4 is 5.91 Å². The van der Waals surface area contributed by atoms with E-state index in [4.69, 9.17) is 0 Å². The Kier molecular flexibility index (Phi) is 5.33. The summed E-state index contributed by atoms with van der Waals surface area (Å²) < 4.78 is 2.05. The lowest BCUT2D eigenvalue weighted by molar-refractivity contribution is -0.132. The summed E-state index contributed by atoms with van der Waals surface area (Å²) in [5.74, 6) is 0.181. The number of hydrogen-bond donors (Lipinski definition) is 1. The van der Waals surface area contributed by atoms with E-state index in [1.54, 1.807) is 6.92 Å². The topological polar surface area (TPSA) is 48.7 Å². The number of rotatable bonds is 5. The van der Waals surface area contributed by atoms with Crippen LogP contribution in [0.3, 0.4) is 0 Å². The molecule has 5 heteroatoms. The molecule has 0 aliphatic carbocycles. The lowest BCUT2D eigenvalue weighted by atomic mass is 10.1. The first-order chi connectivity index (χ1) is 11.6. The number of β-amino-alcohol motifs (C(OH)–C–C–N with tert-alkyl or cyclic N) is 1. The molecule has 1 saturated heterocycles. The third-order valence-corrected chi connectivity index (χ3v) is 4.44. The lowest BCUT2D eigenvalue weighted by Crippen LogP contribution is -2.50. The molecule has 0 saturated carbocycles. The van der Waals surface area contributed by atoms with Gasteiger partial charge in [0, 0.05) is 50.8 Å². The molecule has 2 aromatic rings. The molecule has 1 atom stereocenters. The van der Waals surface area contributed by atoms with E-state index in [2.05, 4.69) is 4.90 Å². The number of amides is 1. The summed E-state index contributed by atoms with van der Waals surface area (Å²) in [5, 5.41) is 9.44. The Labute approximate surface area is 143 Å². The number of carbonyl (C=O) groups is 1. The highest BCUT2D eigenvalue weighted by Gasteiger charge is 2.21. The molecule has 24 heavy (non-hydrogen) atoms. The second-order valence-electron chi connectivity index (χ2n) is 6.46. The molecule has 128 valence electrons. The molecular weight excluding hydrogens is 302 g/mol. The Morgan fingerprint density at radius 1 is 1.08 bits per heavy atom. The average molecular weight is 327 g/mol. The predicted molar refractivity (Wildman–Crippen MR) is 94.2 cm³/mol. The highest BCUT2D eigenvalue weighted by Crippen LogP contribution is 2.12. The SMILES string of the molecule is C[C@@H](O)CN1CCN(C(=O)Cc2ccc(-n3cccc3)cc2)CC1. The zero-order valence-electron chi connectivity index (χ0n) is 14.1. The van der Waals surface area contributed by atoms with E-state index in [0.717, 1.165) is 37.4 Å². The molecule has 0 unspecified atom stereocenters. The monoisotopic (exact) mass is 327 g/mol. The van der Waals surface area contributed by atoms with Gasteiger partial charge in [0.15, 0.2) is 0 Å². The van der Waals surface area contributed by atoms with Crippen LogP contribution in [0.5, 0.6) is 0 Å². The van der Waals surface area contributed by atoms with E-state index in [1.807, 2.05) is 58.3 Å². The van der Waals surface area contributed by atoms with Gasteiger partial charge in [-0.05, 0) is 36.8 Å². The van der Waals surface area contributed by atoms with Gasteiger partial charge in [0.1, 0.15) is 0 Å². The van der Waals surface area contributed by atoms with Gasteiger partial charge in [-0.2, -0.15) is 0 Å². The summed E-state index contributed by atoms with van der Waals surface area (Å²) in [6, 6.07) is 12.1. The molecular formula is C19H25N3O2. The summed E-state index contributed by atoms with van der Waals surface area (Å²) in [5.41, 5.74) is 2.14. The third kappa shape index (κ3) is 4.24. The number of benzene rings is 1. The third-order valence-electron chi connectivity index (χ3n) is 4.44. The number of piperazine rings is 1. The van der Waals surface area contributed by atoms with Crippen LogP contribution in [0.25, 0.3) is 5.69 Å². The van der Waals surface area contributed by atoms with E-state index < -0.39 is 0 Å². The summed E-state index contributed by atoms with van der Waals surface area (Å²) in [4.78, 5) is 16.6. The standard InChI is InChI=1S/C19H25N3O2/c1-16(23)15-20-10-12-22(13-11-20)19(24)14-17-4-6-18(7-5-17)21-8-2-3-9-21/h2-9,16,23H,10-15H2,1H3/t16-/m1/s1. The number of nitrogens with zero attached hydrogens (tertiary/aromatic N) is 3. The quantitative estimate of drug-likeness (QED) is 0.906. The first-order valence-electron chi connectivity index (χ1n) is 8.52. The molecule has 1 fully saturated rings. The molecule has 1 aromatic carbocycles. The molecule has 1 aliphatic heterocycles. The Morgan fingerprint density at radius 3 is 2.29 bits per heavy atom. The van der Waals surface area contributed by atoms with Gasteiger partial charge >= 0.3 is 0 Å². The number of hydrogen-bond acceptors (Lipinski definition) is 3. The molecule has 0 bridgehead atoms. The predicted octanol–water partition coefficient (Wildman–Crippen LogP) is 1.54. The molecule has 1 aliphatic rings. The van der Waals surface area contributed by atoms with Crippen LogP contribution < -0.4 is 0 Å². The summed E-state index contributed by atoms with van der Waals surface area (Å²) >= 11 is 0. The van der Waals surface area contributed by atoms with Crippen LogP contribution in [0.1, 0.15) is 12.5 Å². The van der Waals surface area contributed by atoms with Gasteiger partial charge < -0.3 is 14.6 Å². The summed E-state index contributed by atoms with van der Waals surface area (Å²) in [6.07, 6.45) is 4.15. The van der Waals surface area contributed by atoms with Crippen molar-refractivity contribution in [3.05, 3.63) is 54.4 Å². The highest BCUT2D eigenvalue weighted by atomic mass is 16.3. The molecule has 0 spiro atoms. The smallest absolute Gasteiger partial charge is 0.227 e. The molecule has 3 rings (SSSR count). The Balaban J connectivity index is 1.52. The van der Waals surface area contributed by atoms with Gasteiger partial charge in [-0.15, -0.1) is 0 Å². The van der Waals surface area contributed by atoms with Crippen LogP contribution in [-0.2, 0) is 11.2 Å². The molecule has 1 amide bonds. The van der Waals surface area contributed by atoms with Crippen LogP contribution in [0.4, 0.5) is 0 Å². The van der Waals surface area contributed by atoms with E-state index >= 15 is 0 Å². The van der Waals surface area contributed by atoms with E-state index in [-0.39, 0.29) is 12.0 Å². The maximum atomic E-state index is 12.5. The normalized spacial score (nSPS) is 17.0. The second kappa shape index (κ2) is 7.64. The van der Waals surface area contributed by atoms with Gasteiger partial charge in [-0.1, -0.05) is 12.1 Å².